The van der Waals surface area contributed by atoms with E-state index in [2.05, 4.69) is 19.2 Å². The van der Waals surface area contributed by atoms with Crippen molar-refractivity contribution >= 4 is 40.6 Å². The largest absolute Gasteiger partial charge is 0.274 e. The lowest BCUT2D eigenvalue weighted by Gasteiger charge is -2.06. The molecular formula is C7H12OS3. The summed E-state index contributed by atoms with van der Waals surface area (Å²) in [5, 5.41) is 0.229. The van der Waals surface area contributed by atoms with Crippen LogP contribution in [0.2, 0.25) is 0 Å². The molecule has 64 valence electrons. The minimum absolute atomic E-state index is 0.150. The first-order valence-electron chi connectivity index (χ1n) is 3.22. The molecule has 0 aromatic carbocycles. The van der Waals surface area contributed by atoms with E-state index in [4.69, 9.17) is 0 Å². The Hall–Kier alpha value is 0.460. The highest BCUT2D eigenvalue weighted by Crippen LogP contribution is 2.22. The topological polar surface area (TPSA) is 17.1 Å². The monoisotopic (exact) mass is 208 g/mol. The zero-order valence-electron chi connectivity index (χ0n) is 6.45. The van der Waals surface area contributed by atoms with Crippen molar-refractivity contribution < 1.29 is 4.79 Å². The van der Waals surface area contributed by atoms with Crippen molar-refractivity contribution in [3.63, 3.8) is 0 Å². The van der Waals surface area contributed by atoms with Crippen LogP contribution in [0.1, 0.15) is 6.42 Å². The van der Waals surface area contributed by atoms with E-state index in [0.29, 0.717) is 0 Å². The van der Waals surface area contributed by atoms with Crippen molar-refractivity contribution in [3.8, 4) is 0 Å². The highest BCUT2D eigenvalue weighted by Gasteiger charge is 2.08. The second-order valence-electron chi connectivity index (χ2n) is 1.86. The SMILES string of the molecule is C=CC(CCS)SC(=O)SC. The van der Waals surface area contributed by atoms with Crippen molar-refractivity contribution in [2.45, 2.75) is 11.7 Å². The molecule has 0 aliphatic heterocycles. The van der Waals surface area contributed by atoms with E-state index < -0.39 is 0 Å². The normalized spacial score (nSPS) is 12.5. The zero-order chi connectivity index (χ0) is 8.69. The van der Waals surface area contributed by atoms with Gasteiger partial charge in [-0.3, -0.25) is 4.79 Å². The van der Waals surface area contributed by atoms with Crippen LogP contribution in [0.3, 0.4) is 0 Å². The number of carbonyl (C=O) groups is 1. The van der Waals surface area contributed by atoms with E-state index >= 15 is 0 Å². The summed E-state index contributed by atoms with van der Waals surface area (Å²) in [6.07, 6.45) is 4.49. The lowest BCUT2D eigenvalue weighted by atomic mass is 10.3. The van der Waals surface area contributed by atoms with E-state index in [-0.39, 0.29) is 9.70 Å². The molecule has 0 aromatic rings. The molecule has 0 amide bonds. The summed E-state index contributed by atoms with van der Waals surface area (Å²) in [7, 11) is 0. The first kappa shape index (κ1) is 11.5. The van der Waals surface area contributed by atoms with Gasteiger partial charge in [0.25, 0.3) is 0 Å². The minimum atomic E-state index is 0.150. The van der Waals surface area contributed by atoms with E-state index in [1.165, 1.54) is 23.5 Å². The molecule has 0 bridgehead atoms. The van der Waals surface area contributed by atoms with Crippen LogP contribution in [-0.4, -0.2) is 21.7 Å². The van der Waals surface area contributed by atoms with Crippen molar-refractivity contribution in [2.24, 2.45) is 0 Å². The summed E-state index contributed by atoms with van der Waals surface area (Å²) in [5.74, 6) is 0.797. The zero-order valence-corrected chi connectivity index (χ0v) is 8.98. The molecule has 1 unspecified atom stereocenters. The van der Waals surface area contributed by atoms with Crippen LogP contribution in [0.5, 0.6) is 0 Å². The molecule has 0 spiro atoms. The van der Waals surface area contributed by atoms with Crippen LogP contribution in [0.25, 0.3) is 0 Å². The number of carbonyl (C=O) groups excluding carboxylic acids is 1. The quantitative estimate of drug-likeness (QED) is 0.565. The molecule has 1 nitrogen and oxygen atoms in total. The predicted octanol–water partition coefficient (Wildman–Crippen LogP) is 3.08. The molecule has 0 radical (unpaired) electrons. The van der Waals surface area contributed by atoms with Gasteiger partial charge in [-0.1, -0.05) is 29.6 Å². The van der Waals surface area contributed by atoms with Gasteiger partial charge in [-0.2, -0.15) is 12.6 Å². The Morgan fingerprint density at radius 2 is 2.45 bits per heavy atom. The van der Waals surface area contributed by atoms with E-state index in [1.807, 2.05) is 0 Å². The van der Waals surface area contributed by atoms with E-state index in [0.717, 1.165) is 12.2 Å². The standard InChI is InChI=1S/C7H12OS3/c1-3-6(4-5-9)11-7(8)10-2/h3,6,9H,1,4-5H2,2H3. The fourth-order valence-corrected chi connectivity index (χ4v) is 2.31. The van der Waals surface area contributed by atoms with Gasteiger partial charge >= 0.3 is 0 Å². The number of hydrogen-bond donors (Lipinski definition) is 1. The van der Waals surface area contributed by atoms with Gasteiger partial charge in [0.15, 0.2) is 0 Å². The Morgan fingerprint density at radius 3 is 2.82 bits per heavy atom. The number of hydrogen-bond acceptors (Lipinski definition) is 4. The van der Waals surface area contributed by atoms with Gasteiger partial charge in [0.2, 0.25) is 4.45 Å². The molecule has 0 heterocycles. The van der Waals surface area contributed by atoms with Gasteiger partial charge in [0, 0.05) is 5.25 Å². The predicted molar refractivity (Wildman–Crippen MR) is 59.0 cm³/mol. The second-order valence-corrected chi connectivity index (χ2v) is 4.56. The molecule has 1 atom stereocenters. The Morgan fingerprint density at radius 1 is 1.82 bits per heavy atom. The molecule has 0 aliphatic carbocycles. The third-order valence-corrected chi connectivity index (χ3v) is 3.39. The Labute approximate surface area is 81.8 Å². The van der Waals surface area contributed by atoms with Crippen molar-refractivity contribution in [1.29, 1.82) is 0 Å². The van der Waals surface area contributed by atoms with Gasteiger partial charge in [-0.15, -0.1) is 6.58 Å². The van der Waals surface area contributed by atoms with E-state index in [9.17, 15) is 4.79 Å². The van der Waals surface area contributed by atoms with Crippen LogP contribution in [-0.2, 0) is 0 Å². The lowest BCUT2D eigenvalue weighted by Crippen LogP contribution is -2.00. The molecule has 0 saturated heterocycles. The molecule has 11 heavy (non-hydrogen) atoms. The van der Waals surface area contributed by atoms with Crippen molar-refractivity contribution in [3.05, 3.63) is 12.7 Å². The van der Waals surface area contributed by atoms with Crippen LogP contribution in [0.4, 0.5) is 4.79 Å². The molecular weight excluding hydrogens is 196 g/mol. The molecule has 0 N–H and O–H groups in total. The summed E-state index contributed by atoms with van der Waals surface area (Å²) in [5.41, 5.74) is 0. The van der Waals surface area contributed by atoms with Gasteiger partial charge in [-0.25, -0.2) is 0 Å². The highest BCUT2D eigenvalue weighted by molar-refractivity contribution is 8.38. The highest BCUT2D eigenvalue weighted by atomic mass is 32.2. The molecule has 0 aliphatic rings. The third-order valence-electron chi connectivity index (χ3n) is 1.09. The third kappa shape index (κ3) is 5.70. The van der Waals surface area contributed by atoms with E-state index in [1.54, 1.807) is 12.3 Å². The van der Waals surface area contributed by atoms with Crippen molar-refractivity contribution in [2.75, 3.05) is 12.0 Å². The summed E-state index contributed by atoms with van der Waals surface area (Å²) in [6, 6.07) is 0. The fraction of sp³-hybridized carbons (Fsp3) is 0.571. The second kappa shape index (κ2) is 7.13. The van der Waals surface area contributed by atoms with Crippen molar-refractivity contribution in [1.82, 2.24) is 0 Å². The Kier molecular flexibility index (Phi) is 7.43. The van der Waals surface area contributed by atoms with Crippen LogP contribution in [0, 0.1) is 0 Å². The fourth-order valence-electron chi connectivity index (χ4n) is 0.524. The van der Waals surface area contributed by atoms with Crippen LogP contribution < -0.4 is 0 Å². The summed E-state index contributed by atoms with van der Waals surface area (Å²) >= 11 is 6.66. The van der Waals surface area contributed by atoms with Gasteiger partial charge < -0.3 is 0 Å². The molecule has 0 fully saturated rings. The summed E-state index contributed by atoms with van der Waals surface area (Å²) in [6.45, 7) is 3.65. The van der Waals surface area contributed by atoms with Crippen LogP contribution in [0.15, 0.2) is 12.7 Å². The summed E-state index contributed by atoms with van der Waals surface area (Å²) in [4.78, 5) is 10.9. The first-order valence-corrected chi connectivity index (χ1v) is 5.96. The molecule has 0 saturated carbocycles. The Balaban J connectivity index is 3.67. The van der Waals surface area contributed by atoms with Gasteiger partial charge in [0.1, 0.15) is 0 Å². The average molecular weight is 208 g/mol. The molecule has 0 aromatic heterocycles. The maximum atomic E-state index is 10.9. The number of thiol groups is 1. The lowest BCUT2D eigenvalue weighted by molar-refractivity contribution is 0.276. The average Bonchev–Trinajstić information content (AvgIpc) is 2.03. The number of thioether (sulfide) groups is 2. The summed E-state index contributed by atoms with van der Waals surface area (Å²) < 4.78 is 0.150. The molecule has 0 rings (SSSR count). The minimum Gasteiger partial charge on any atom is -0.274 e. The molecule has 4 heteroatoms. The maximum Gasteiger partial charge on any atom is 0.246 e. The number of rotatable bonds is 4. The van der Waals surface area contributed by atoms with Gasteiger partial charge in [-0.05, 0) is 18.4 Å². The van der Waals surface area contributed by atoms with Crippen LogP contribution >= 0.6 is 36.2 Å². The van der Waals surface area contributed by atoms with Gasteiger partial charge in [0.05, 0.1) is 0 Å². The Bertz CT molecular complexity index is 136. The first-order chi connectivity index (χ1) is 5.24. The maximum absolute atomic E-state index is 10.9. The smallest absolute Gasteiger partial charge is 0.246 e.